The van der Waals surface area contributed by atoms with Gasteiger partial charge in [0.15, 0.2) is 5.03 Å². The molecule has 3 atom stereocenters. The lowest BCUT2D eigenvalue weighted by atomic mass is 9.89. The SMILES string of the molecule is CC(C)Cn1cnc(S(=O)(=O)NC(=O)C2CCC3CC3C2)c1. The number of rotatable bonds is 5. The third-order valence-electron chi connectivity index (χ3n) is 4.61. The molecule has 3 rings (SSSR count). The number of hydrogen-bond acceptors (Lipinski definition) is 4. The molecule has 2 saturated carbocycles. The number of aromatic nitrogens is 2. The fraction of sp³-hybridized carbons (Fsp3) is 0.733. The first kappa shape index (κ1) is 15.5. The summed E-state index contributed by atoms with van der Waals surface area (Å²) in [6, 6.07) is 0. The molecule has 0 bridgehead atoms. The van der Waals surface area contributed by atoms with Gasteiger partial charge in [-0.3, -0.25) is 4.79 Å². The minimum absolute atomic E-state index is 0.0818. The van der Waals surface area contributed by atoms with Crippen LogP contribution in [0.15, 0.2) is 17.6 Å². The van der Waals surface area contributed by atoms with E-state index in [1.165, 1.54) is 18.9 Å². The molecule has 2 aliphatic rings. The van der Waals surface area contributed by atoms with Gasteiger partial charge in [0.1, 0.15) is 0 Å². The molecule has 7 heteroatoms. The molecule has 0 aromatic carbocycles. The van der Waals surface area contributed by atoms with E-state index in [4.69, 9.17) is 0 Å². The molecule has 2 aliphatic carbocycles. The van der Waals surface area contributed by atoms with Gasteiger partial charge in [-0.25, -0.2) is 9.71 Å². The third-order valence-corrected chi connectivity index (χ3v) is 5.84. The Balaban J connectivity index is 1.64. The van der Waals surface area contributed by atoms with Crippen LogP contribution in [0.2, 0.25) is 0 Å². The van der Waals surface area contributed by atoms with Gasteiger partial charge in [-0.1, -0.05) is 13.8 Å². The van der Waals surface area contributed by atoms with E-state index in [0.29, 0.717) is 18.4 Å². The molecule has 1 amide bonds. The van der Waals surface area contributed by atoms with Crippen molar-refractivity contribution in [2.45, 2.75) is 51.1 Å². The van der Waals surface area contributed by atoms with E-state index in [2.05, 4.69) is 9.71 Å². The fourth-order valence-electron chi connectivity index (χ4n) is 3.36. The first-order valence-electron chi connectivity index (χ1n) is 7.93. The minimum Gasteiger partial charge on any atom is -0.336 e. The number of imidazole rings is 1. The Labute approximate surface area is 131 Å². The zero-order chi connectivity index (χ0) is 15.9. The second kappa shape index (κ2) is 5.68. The van der Waals surface area contributed by atoms with Crippen LogP contribution in [0.5, 0.6) is 0 Å². The van der Waals surface area contributed by atoms with E-state index < -0.39 is 10.0 Å². The second-order valence-corrected chi connectivity index (χ2v) is 8.67. The van der Waals surface area contributed by atoms with Crippen molar-refractivity contribution < 1.29 is 13.2 Å². The fourth-order valence-corrected chi connectivity index (χ4v) is 4.35. The summed E-state index contributed by atoms with van der Waals surface area (Å²) in [5.41, 5.74) is 0. The molecule has 0 aliphatic heterocycles. The molecule has 22 heavy (non-hydrogen) atoms. The van der Waals surface area contributed by atoms with Gasteiger partial charge in [-0.2, -0.15) is 8.42 Å². The van der Waals surface area contributed by atoms with Crippen molar-refractivity contribution in [3.8, 4) is 0 Å². The van der Waals surface area contributed by atoms with Gasteiger partial charge in [0.25, 0.3) is 10.0 Å². The van der Waals surface area contributed by atoms with Crippen LogP contribution in [-0.4, -0.2) is 23.9 Å². The van der Waals surface area contributed by atoms with E-state index >= 15 is 0 Å². The summed E-state index contributed by atoms with van der Waals surface area (Å²) in [7, 11) is -3.86. The van der Waals surface area contributed by atoms with Crippen molar-refractivity contribution in [2.24, 2.45) is 23.7 Å². The number of nitrogens with one attached hydrogen (secondary N) is 1. The number of amides is 1. The second-order valence-electron chi connectivity index (χ2n) is 7.04. The summed E-state index contributed by atoms with van der Waals surface area (Å²) in [4.78, 5) is 16.1. The smallest absolute Gasteiger partial charge is 0.283 e. The number of sulfonamides is 1. The molecule has 1 heterocycles. The first-order valence-corrected chi connectivity index (χ1v) is 9.42. The summed E-state index contributed by atoms with van der Waals surface area (Å²) in [6.07, 6.45) is 6.85. The average Bonchev–Trinajstić information content (AvgIpc) is 3.06. The molecular weight excluding hydrogens is 302 g/mol. The van der Waals surface area contributed by atoms with E-state index in [9.17, 15) is 13.2 Å². The van der Waals surface area contributed by atoms with E-state index in [1.54, 1.807) is 4.57 Å². The number of carbonyl (C=O) groups is 1. The quantitative estimate of drug-likeness (QED) is 0.895. The van der Waals surface area contributed by atoms with Crippen LogP contribution in [0.1, 0.15) is 39.5 Å². The third kappa shape index (κ3) is 3.34. The summed E-state index contributed by atoms with van der Waals surface area (Å²) < 4.78 is 28.5. The van der Waals surface area contributed by atoms with Crippen molar-refractivity contribution in [1.29, 1.82) is 0 Å². The predicted molar refractivity (Wildman–Crippen MR) is 81.3 cm³/mol. The van der Waals surface area contributed by atoms with Crippen molar-refractivity contribution in [3.05, 3.63) is 12.5 Å². The zero-order valence-corrected chi connectivity index (χ0v) is 13.8. The topological polar surface area (TPSA) is 81.1 Å². The molecule has 0 spiro atoms. The van der Waals surface area contributed by atoms with E-state index in [-0.39, 0.29) is 16.9 Å². The van der Waals surface area contributed by atoms with Crippen molar-refractivity contribution in [1.82, 2.24) is 14.3 Å². The van der Waals surface area contributed by atoms with Gasteiger partial charge in [-0.05, 0) is 43.4 Å². The monoisotopic (exact) mass is 325 g/mol. The van der Waals surface area contributed by atoms with Gasteiger partial charge >= 0.3 is 0 Å². The van der Waals surface area contributed by atoms with E-state index in [1.807, 2.05) is 13.8 Å². The molecule has 2 fully saturated rings. The largest absolute Gasteiger partial charge is 0.336 e. The Morgan fingerprint density at radius 3 is 2.82 bits per heavy atom. The Bertz CT molecular complexity index is 665. The lowest BCUT2D eigenvalue weighted by Crippen LogP contribution is -2.37. The van der Waals surface area contributed by atoms with Crippen LogP contribution in [0, 0.1) is 23.7 Å². The Morgan fingerprint density at radius 2 is 2.14 bits per heavy atom. The Morgan fingerprint density at radius 1 is 1.36 bits per heavy atom. The molecule has 0 radical (unpaired) electrons. The molecule has 0 saturated heterocycles. The van der Waals surface area contributed by atoms with E-state index in [0.717, 1.165) is 25.2 Å². The maximum absolute atomic E-state index is 12.3. The van der Waals surface area contributed by atoms with Crippen LogP contribution in [-0.2, 0) is 21.4 Å². The van der Waals surface area contributed by atoms with Crippen LogP contribution in [0.25, 0.3) is 0 Å². The van der Waals surface area contributed by atoms with Gasteiger partial charge < -0.3 is 4.57 Å². The van der Waals surface area contributed by atoms with Gasteiger partial charge in [0.05, 0.1) is 6.33 Å². The first-order chi connectivity index (χ1) is 10.3. The Kier molecular flexibility index (Phi) is 4.01. The molecule has 122 valence electrons. The lowest BCUT2D eigenvalue weighted by Gasteiger charge is -2.19. The van der Waals surface area contributed by atoms with Gasteiger partial charge in [-0.15, -0.1) is 0 Å². The van der Waals surface area contributed by atoms with Crippen molar-refractivity contribution in [3.63, 3.8) is 0 Å². The highest BCUT2D eigenvalue weighted by Gasteiger charge is 2.44. The number of carbonyl (C=O) groups excluding carboxylic acids is 1. The highest BCUT2D eigenvalue weighted by Crippen LogP contribution is 2.51. The highest BCUT2D eigenvalue weighted by atomic mass is 32.2. The number of nitrogens with zero attached hydrogens (tertiary/aromatic N) is 2. The molecule has 1 aromatic heterocycles. The van der Waals surface area contributed by atoms with Crippen LogP contribution in [0.3, 0.4) is 0 Å². The zero-order valence-electron chi connectivity index (χ0n) is 13.0. The Hall–Kier alpha value is -1.37. The van der Waals surface area contributed by atoms with Gasteiger partial charge in [0.2, 0.25) is 5.91 Å². The lowest BCUT2D eigenvalue weighted by molar-refractivity contribution is -0.124. The predicted octanol–water partition coefficient (Wildman–Crippen LogP) is 1.78. The molecule has 6 nitrogen and oxygen atoms in total. The molecular formula is C15H23N3O3S. The van der Waals surface area contributed by atoms with Crippen LogP contribution in [0.4, 0.5) is 0 Å². The maximum atomic E-state index is 12.3. The highest BCUT2D eigenvalue weighted by molar-refractivity contribution is 7.90. The number of hydrogen-bond donors (Lipinski definition) is 1. The van der Waals surface area contributed by atoms with Crippen molar-refractivity contribution in [2.75, 3.05) is 0 Å². The molecule has 3 unspecified atom stereocenters. The normalized spacial score (nSPS) is 27.5. The summed E-state index contributed by atoms with van der Waals surface area (Å²) in [6.45, 7) is 4.79. The standard InChI is InChI=1S/C15H23N3O3S/c1-10(2)7-18-8-14(16-9-18)22(20,21)17-15(19)12-4-3-11-5-13(11)6-12/h8-13H,3-7H2,1-2H3,(H,17,19). The minimum atomic E-state index is -3.86. The molecule has 1 N–H and O–H groups in total. The molecule has 1 aromatic rings. The van der Waals surface area contributed by atoms with Crippen LogP contribution >= 0.6 is 0 Å². The van der Waals surface area contributed by atoms with Crippen LogP contribution < -0.4 is 4.72 Å². The summed E-state index contributed by atoms with van der Waals surface area (Å²) >= 11 is 0. The van der Waals surface area contributed by atoms with Crippen molar-refractivity contribution >= 4 is 15.9 Å². The average molecular weight is 325 g/mol. The number of fused-ring (bicyclic) bond motifs is 1. The summed E-state index contributed by atoms with van der Waals surface area (Å²) in [5.74, 6) is 1.28. The maximum Gasteiger partial charge on any atom is 0.283 e. The van der Waals surface area contributed by atoms with Gasteiger partial charge in [0, 0.05) is 18.7 Å². The summed E-state index contributed by atoms with van der Waals surface area (Å²) in [5, 5.41) is -0.0818.